The van der Waals surface area contributed by atoms with Crippen molar-refractivity contribution >= 4 is 5.95 Å². The molecule has 0 aliphatic carbocycles. The first kappa shape index (κ1) is 15.5. The van der Waals surface area contributed by atoms with Crippen LogP contribution >= 0.6 is 0 Å². The van der Waals surface area contributed by atoms with Gasteiger partial charge in [0.05, 0.1) is 5.69 Å². The van der Waals surface area contributed by atoms with Crippen molar-refractivity contribution in [1.29, 1.82) is 0 Å². The third-order valence-electron chi connectivity index (χ3n) is 3.73. The normalized spacial score (nSPS) is 14.1. The zero-order valence-corrected chi connectivity index (χ0v) is 12.3. The van der Waals surface area contributed by atoms with E-state index in [2.05, 4.69) is 9.97 Å². The molecule has 0 unspecified atom stereocenters. The van der Waals surface area contributed by atoms with Gasteiger partial charge in [0.15, 0.2) is 0 Å². The van der Waals surface area contributed by atoms with E-state index in [9.17, 15) is 18.0 Å². The van der Waals surface area contributed by atoms with E-state index >= 15 is 0 Å². The minimum absolute atomic E-state index is 0.0150. The van der Waals surface area contributed by atoms with Crippen LogP contribution in [-0.2, 0) is 6.54 Å². The summed E-state index contributed by atoms with van der Waals surface area (Å²) in [5, 5.41) is 0. The minimum Gasteiger partial charge on any atom is -0.340 e. The molecule has 0 aromatic carbocycles. The van der Waals surface area contributed by atoms with Crippen molar-refractivity contribution in [3.63, 3.8) is 0 Å². The van der Waals surface area contributed by atoms with E-state index in [1.807, 2.05) is 0 Å². The molecule has 3 heterocycles. The maximum Gasteiger partial charge on any atom is 0.389 e. The second-order valence-corrected chi connectivity index (χ2v) is 5.37. The Morgan fingerprint density at radius 2 is 1.91 bits per heavy atom. The molecule has 5 nitrogen and oxygen atoms in total. The molecule has 0 fully saturated rings. The Labute approximate surface area is 130 Å². The highest BCUT2D eigenvalue weighted by atomic mass is 19.4. The van der Waals surface area contributed by atoms with E-state index in [1.165, 1.54) is 10.6 Å². The summed E-state index contributed by atoms with van der Waals surface area (Å²) in [5.41, 5.74) is 1.06. The summed E-state index contributed by atoms with van der Waals surface area (Å²) in [6, 6.07) is 4.92. The molecule has 0 N–H and O–H groups in total. The van der Waals surface area contributed by atoms with E-state index < -0.39 is 12.6 Å². The quantitative estimate of drug-likeness (QED) is 0.867. The van der Waals surface area contributed by atoms with Gasteiger partial charge in [0.25, 0.3) is 5.56 Å². The second-order valence-electron chi connectivity index (χ2n) is 5.37. The lowest BCUT2D eigenvalue weighted by Crippen LogP contribution is -2.25. The van der Waals surface area contributed by atoms with E-state index in [-0.39, 0.29) is 18.5 Å². The molecular weight excluding hydrogens is 309 g/mol. The van der Waals surface area contributed by atoms with Crippen LogP contribution in [-0.4, -0.2) is 33.8 Å². The number of anilines is 1. The van der Waals surface area contributed by atoms with Crippen molar-refractivity contribution in [1.82, 2.24) is 14.5 Å². The number of pyridine rings is 1. The standard InChI is InChI=1S/C15H15F3N4O/c16-15(17,18)4-1-7-21-8-9-22-13(23)10-12(20-14(21)22)11-2-5-19-6-3-11/h2-3,5-6,10H,1,4,7-9H2. The molecule has 8 heteroatoms. The van der Waals surface area contributed by atoms with Crippen LogP contribution in [0.1, 0.15) is 12.8 Å². The van der Waals surface area contributed by atoms with Gasteiger partial charge in [-0.1, -0.05) is 0 Å². The molecule has 1 aliphatic rings. The van der Waals surface area contributed by atoms with Gasteiger partial charge in [0, 0.05) is 50.1 Å². The van der Waals surface area contributed by atoms with Crippen LogP contribution in [0.25, 0.3) is 11.3 Å². The molecule has 23 heavy (non-hydrogen) atoms. The largest absolute Gasteiger partial charge is 0.389 e. The summed E-state index contributed by atoms with van der Waals surface area (Å²) in [6.07, 6.45) is -1.81. The lowest BCUT2D eigenvalue weighted by molar-refractivity contribution is -0.135. The van der Waals surface area contributed by atoms with Gasteiger partial charge in [-0.05, 0) is 18.6 Å². The zero-order valence-electron chi connectivity index (χ0n) is 12.3. The van der Waals surface area contributed by atoms with Gasteiger partial charge in [0.1, 0.15) is 0 Å². The Morgan fingerprint density at radius 3 is 2.61 bits per heavy atom. The van der Waals surface area contributed by atoms with Gasteiger partial charge in [-0.2, -0.15) is 13.2 Å². The lowest BCUT2D eigenvalue weighted by Gasteiger charge is -2.18. The van der Waals surface area contributed by atoms with Gasteiger partial charge >= 0.3 is 6.18 Å². The van der Waals surface area contributed by atoms with Gasteiger partial charge in [-0.25, -0.2) is 4.98 Å². The van der Waals surface area contributed by atoms with Crippen LogP contribution in [0.3, 0.4) is 0 Å². The fourth-order valence-electron chi connectivity index (χ4n) is 2.62. The molecule has 3 rings (SSSR count). The Morgan fingerprint density at radius 1 is 1.17 bits per heavy atom. The van der Waals surface area contributed by atoms with Crippen molar-refractivity contribution in [2.75, 3.05) is 18.0 Å². The van der Waals surface area contributed by atoms with Crippen molar-refractivity contribution in [3.8, 4) is 11.3 Å². The minimum atomic E-state index is -4.16. The van der Waals surface area contributed by atoms with Crippen LogP contribution in [0.5, 0.6) is 0 Å². The van der Waals surface area contributed by atoms with Gasteiger partial charge in [-0.3, -0.25) is 14.3 Å². The molecule has 122 valence electrons. The van der Waals surface area contributed by atoms with Gasteiger partial charge in [-0.15, -0.1) is 0 Å². The third-order valence-corrected chi connectivity index (χ3v) is 3.73. The van der Waals surface area contributed by atoms with Crippen molar-refractivity contribution in [2.45, 2.75) is 25.6 Å². The average Bonchev–Trinajstić information content (AvgIpc) is 2.91. The maximum atomic E-state index is 12.3. The maximum absolute atomic E-state index is 12.3. The van der Waals surface area contributed by atoms with Crippen LogP contribution in [0.15, 0.2) is 35.4 Å². The number of halogens is 3. The van der Waals surface area contributed by atoms with Crippen LogP contribution in [0.4, 0.5) is 19.1 Å². The number of rotatable bonds is 4. The van der Waals surface area contributed by atoms with Crippen LogP contribution < -0.4 is 10.5 Å². The second kappa shape index (κ2) is 6.02. The van der Waals surface area contributed by atoms with E-state index in [1.54, 1.807) is 29.4 Å². The third kappa shape index (κ3) is 3.52. The van der Waals surface area contributed by atoms with Crippen LogP contribution in [0.2, 0.25) is 0 Å². The first-order chi connectivity index (χ1) is 10.9. The molecule has 1 aliphatic heterocycles. The summed E-state index contributed by atoms with van der Waals surface area (Å²) in [5.74, 6) is 0.437. The van der Waals surface area contributed by atoms with E-state index in [0.29, 0.717) is 24.7 Å². The number of aromatic nitrogens is 3. The average molecular weight is 324 g/mol. The van der Waals surface area contributed by atoms with E-state index in [0.717, 1.165) is 5.56 Å². The molecule has 0 radical (unpaired) electrons. The number of fused-ring (bicyclic) bond motifs is 1. The Bertz CT molecular complexity index is 743. The summed E-state index contributed by atoms with van der Waals surface area (Å²) in [6.45, 7) is 1.18. The van der Waals surface area contributed by atoms with Gasteiger partial charge < -0.3 is 4.90 Å². The molecule has 0 amide bonds. The number of hydrogen-bond donors (Lipinski definition) is 0. The van der Waals surface area contributed by atoms with Crippen LogP contribution in [0, 0.1) is 0 Å². The first-order valence-electron chi connectivity index (χ1n) is 7.28. The fourth-order valence-corrected chi connectivity index (χ4v) is 2.62. The van der Waals surface area contributed by atoms with Crippen molar-refractivity contribution in [3.05, 3.63) is 40.9 Å². The lowest BCUT2D eigenvalue weighted by atomic mass is 10.2. The SMILES string of the molecule is O=c1cc(-c2ccncc2)nc2n1CCN2CCCC(F)(F)F. The summed E-state index contributed by atoms with van der Waals surface area (Å²) in [7, 11) is 0. The molecule has 0 spiro atoms. The highest BCUT2D eigenvalue weighted by Crippen LogP contribution is 2.25. The van der Waals surface area contributed by atoms with Gasteiger partial charge in [0.2, 0.25) is 5.95 Å². The Kier molecular flexibility index (Phi) is 4.06. The topological polar surface area (TPSA) is 51.0 Å². The molecular formula is C15H15F3N4O. The first-order valence-corrected chi connectivity index (χ1v) is 7.28. The molecule has 2 aromatic rings. The number of hydrogen-bond acceptors (Lipinski definition) is 4. The van der Waals surface area contributed by atoms with Crippen molar-refractivity contribution in [2.24, 2.45) is 0 Å². The Hall–Kier alpha value is -2.38. The fraction of sp³-hybridized carbons (Fsp3) is 0.400. The monoisotopic (exact) mass is 324 g/mol. The Balaban J connectivity index is 1.84. The highest BCUT2D eigenvalue weighted by molar-refractivity contribution is 5.59. The molecule has 0 bridgehead atoms. The predicted molar refractivity (Wildman–Crippen MR) is 79.2 cm³/mol. The van der Waals surface area contributed by atoms with E-state index in [4.69, 9.17) is 0 Å². The number of nitrogens with zero attached hydrogens (tertiary/aromatic N) is 4. The summed E-state index contributed by atoms with van der Waals surface area (Å²) < 4.78 is 38.3. The summed E-state index contributed by atoms with van der Waals surface area (Å²) in [4.78, 5) is 22.3. The molecule has 0 atom stereocenters. The molecule has 2 aromatic heterocycles. The molecule has 0 saturated heterocycles. The number of alkyl halides is 3. The highest BCUT2D eigenvalue weighted by Gasteiger charge is 2.28. The smallest absolute Gasteiger partial charge is 0.340 e. The van der Waals surface area contributed by atoms with Crippen molar-refractivity contribution < 1.29 is 13.2 Å². The zero-order chi connectivity index (χ0) is 16.4. The summed E-state index contributed by atoms with van der Waals surface area (Å²) >= 11 is 0. The predicted octanol–water partition coefficient (Wildman–Crippen LogP) is 2.47. The molecule has 0 saturated carbocycles.